The number of hydrogen-bond acceptors (Lipinski definition) is 21. The lowest BCUT2D eigenvalue weighted by atomic mass is 10.1. The molecule has 538 valence electrons. The fourth-order valence-corrected chi connectivity index (χ4v) is 13.5. The first-order valence-corrected chi connectivity index (χ1v) is 36.9. The lowest BCUT2D eigenvalue weighted by Gasteiger charge is -2.34. The molecule has 0 atom stereocenters. The molecular weight excluding hydrogens is 1340 g/mol. The molecule has 0 unspecified atom stereocenters. The second-order valence-electron chi connectivity index (χ2n) is 28.5. The maximum absolute atomic E-state index is 13.9. The Kier molecular flexibility index (Phi) is 25.2. The van der Waals surface area contributed by atoms with E-state index >= 15 is 0 Å². The van der Waals surface area contributed by atoms with Crippen LogP contribution in [0.1, 0.15) is 184 Å². The number of ether oxygens (including phenoxy) is 5. The number of unbranched alkanes of at least 4 members (excludes halogenated alkanes) is 2. The van der Waals surface area contributed by atoms with Gasteiger partial charge >= 0.3 is 18.3 Å². The molecule has 0 bridgehead atoms. The molecule has 3 fully saturated rings. The van der Waals surface area contributed by atoms with E-state index in [1.807, 2.05) is 135 Å². The minimum Gasteiger partial charge on any atom is -0.444 e. The highest BCUT2D eigenvalue weighted by Gasteiger charge is 2.31. The van der Waals surface area contributed by atoms with E-state index in [0.29, 0.717) is 94.2 Å². The van der Waals surface area contributed by atoms with Crippen LogP contribution >= 0.6 is 34.3 Å². The van der Waals surface area contributed by atoms with Crippen molar-refractivity contribution in [2.24, 2.45) is 0 Å². The molecule has 0 aliphatic carbocycles. The monoisotopic (exact) mass is 1440 g/mol. The average molecular weight is 1440 g/mol. The minimum absolute atomic E-state index is 0.0365. The van der Waals surface area contributed by atoms with Gasteiger partial charge in [-0.1, -0.05) is 85.2 Å². The van der Waals surface area contributed by atoms with Gasteiger partial charge in [-0.2, -0.15) is 0 Å². The number of benzene rings is 2. The summed E-state index contributed by atoms with van der Waals surface area (Å²) in [6.07, 6.45) is 12.4. The molecule has 9 heterocycles. The Labute approximate surface area is 603 Å². The second kappa shape index (κ2) is 33.9. The van der Waals surface area contributed by atoms with Crippen LogP contribution in [0, 0.1) is 0 Å². The van der Waals surface area contributed by atoms with Crippen molar-refractivity contribution in [2.75, 3.05) is 55.2 Å². The smallest absolute Gasteiger partial charge is 0.410 e. The van der Waals surface area contributed by atoms with Gasteiger partial charge < -0.3 is 54.3 Å². The normalized spacial score (nSPS) is 15.1. The number of anilines is 3. The molecule has 3 saturated heterocycles. The lowest BCUT2D eigenvalue weighted by Crippen LogP contribution is -2.44. The van der Waals surface area contributed by atoms with Gasteiger partial charge in [0.05, 0.1) is 36.8 Å². The number of halogens is 1. The molecule has 27 heteroatoms. The predicted molar refractivity (Wildman–Crippen MR) is 394 cm³/mol. The van der Waals surface area contributed by atoms with E-state index in [4.69, 9.17) is 50.2 Å². The van der Waals surface area contributed by atoms with Crippen molar-refractivity contribution < 1.29 is 47.7 Å². The zero-order chi connectivity index (χ0) is 72.0. The number of piperidine rings is 3. The van der Waals surface area contributed by atoms with E-state index in [-0.39, 0.29) is 64.9 Å². The van der Waals surface area contributed by atoms with Gasteiger partial charge in [-0.3, -0.25) is 9.59 Å². The fraction of sp³-hybridized carbons (Fsp3) is 0.500. The highest BCUT2D eigenvalue weighted by molar-refractivity contribution is 7.21. The Morgan fingerprint density at radius 3 is 1.33 bits per heavy atom. The van der Waals surface area contributed by atoms with Crippen LogP contribution in [0.3, 0.4) is 0 Å². The first-order chi connectivity index (χ1) is 48.2. The zero-order valence-electron chi connectivity index (χ0n) is 59.7. The van der Waals surface area contributed by atoms with Crippen LogP contribution in [0.5, 0.6) is 0 Å². The molecule has 101 heavy (non-hydrogen) atoms. The molecule has 3 aliphatic heterocycles. The number of aryl methyl sites for hydroxylation is 2. The number of thiazole rings is 2. The zero-order valence-corrected chi connectivity index (χ0v) is 62.0. The van der Waals surface area contributed by atoms with Crippen LogP contribution in [0.2, 0.25) is 5.15 Å². The molecule has 0 saturated carbocycles. The van der Waals surface area contributed by atoms with Crippen molar-refractivity contribution in [3.05, 3.63) is 125 Å². The number of fused-ring (bicyclic) bond motifs is 2. The summed E-state index contributed by atoms with van der Waals surface area (Å²) in [6, 6.07) is 22.3. The van der Waals surface area contributed by atoms with Gasteiger partial charge in [-0.15, -0.1) is 0 Å². The minimum atomic E-state index is -0.543. The molecule has 2 aromatic carbocycles. The van der Waals surface area contributed by atoms with Crippen molar-refractivity contribution in [1.29, 1.82) is 0 Å². The molecule has 5 amide bonds. The largest absolute Gasteiger partial charge is 0.444 e. The standard InChI is InChI=1S/C42H56N8O6S.C32H37ClN6O4S/c1-8-9-14-34-45-32(24-35(48-34)44-28-15-19-49(20-16-28)39(52)55-41(2,3)4)36(51)46-31-13-11-10-12-30(31)37-47-33-23-27(25-43-38(33)57-37)26-54-29-17-21-50(22-18-29)40(53)56-42(5,6)7;1-5-6-11-27-35-24(17-26(33)38-27)28(40)36-23-10-8-7-9-22(23)29-37-25-16-20(18-34-30(25)44-29)19-42-21-12-14-39(15-13-21)31(41)43-32(2,3)4/h10-13,23-25,28-29H,8-9,14-22,26H2,1-7H3,(H,46,51)(H,44,45,48);7-10,16-18,21H,5-6,11-15,19H2,1-4H3,(H,36,40). The van der Waals surface area contributed by atoms with Crippen molar-refractivity contribution in [2.45, 2.75) is 201 Å². The van der Waals surface area contributed by atoms with Crippen LogP contribution < -0.4 is 16.0 Å². The van der Waals surface area contributed by atoms with Crippen LogP contribution in [0.25, 0.3) is 41.8 Å². The highest BCUT2D eigenvalue weighted by Crippen LogP contribution is 2.37. The summed E-state index contributed by atoms with van der Waals surface area (Å²) in [5.74, 6) is 1.04. The number of carbonyl (C=O) groups excluding carboxylic acids is 5. The van der Waals surface area contributed by atoms with Crippen LogP contribution in [0.15, 0.2) is 85.2 Å². The maximum atomic E-state index is 13.9. The Hall–Kier alpha value is -8.56. The molecule has 6 aromatic heterocycles. The summed E-state index contributed by atoms with van der Waals surface area (Å²) in [5, 5.41) is 11.3. The molecule has 24 nitrogen and oxygen atoms in total. The number of likely N-dealkylation sites (tertiary alicyclic amines) is 3. The number of amides is 5. The number of para-hydroxylation sites is 2. The number of carbonyl (C=O) groups is 5. The molecule has 0 radical (unpaired) electrons. The van der Waals surface area contributed by atoms with Gasteiger partial charge in [0.25, 0.3) is 11.8 Å². The van der Waals surface area contributed by atoms with Crippen LogP contribution in [0.4, 0.5) is 31.6 Å². The third-order valence-corrected chi connectivity index (χ3v) is 18.8. The average Bonchev–Trinajstić information content (AvgIpc) is 1.67. The van der Waals surface area contributed by atoms with E-state index in [9.17, 15) is 24.0 Å². The van der Waals surface area contributed by atoms with Crippen molar-refractivity contribution >= 4 is 102 Å². The summed E-state index contributed by atoms with van der Waals surface area (Å²) in [6.45, 7) is 25.3. The third-order valence-electron chi connectivity index (χ3n) is 16.6. The van der Waals surface area contributed by atoms with Gasteiger partial charge in [-0.25, -0.2) is 54.3 Å². The quantitative estimate of drug-likeness (QED) is 0.0472. The van der Waals surface area contributed by atoms with E-state index in [0.717, 1.165) is 117 Å². The summed E-state index contributed by atoms with van der Waals surface area (Å²) in [5.41, 5.74) is 5.05. The molecule has 3 N–H and O–H groups in total. The summed E-state index contributed by atoms with van der Waals surface area (Å²) >= 11 is 9.10. The molecule has 8 aromatic rings. The van der Waals surface area contributed by atoms with Crippen molar-refractivity contribution in [1.82, 2.24) is 54.6 Å². The van der Waals surface area contributed by atoms with Crippen LogP contribution in [-0.4, -0.2) is 159 Å². The predicted octanol–water partition coefficient (Wildman–Crippen LogP) is 15.8. The Balaban J connectivity index is 0.000000225. The molecular formula is C74H93ClN14O10S2. The number of nitrogens with one attached hydrogen (secondary N) is 3. The first kappa shape index (κ1) is 75.1. The van der Waals surface area contributed by atoms with Crippen molar-refractivity contribution in [3.63, 3.8) is 0 Å². The van der Waals surface area contributed by atoms with E-state index in [1.165, 1.54) is 28.7 Å². The van der Waals surface area contributed by atoms with E-state index < -0.39 is 16.8 Å². The summed E-state index contributed by atoms with van der Waals surface area (Å²) in [4.78, 5) is 108. The Bertz CT molecular complexity index is 4190. The van der Waals surface area contributed by atoms with Gasteiger partial charge in [0.15, 0.2) is 0 Å². The number of rotatable bonds is 20. The van der Waals surface area contributed by atoms with E-state index in [2.05, 4.69) is 54.7 Å². The lowest BCUT2D eigenvalue weighted by molar-refractivity contribution is -0.0178. The summed E-state index contributed by atoms with van der Waals surface area (Å²) in [7, 11) is 0. The highest BCUT2D eigenvalue weighted by atomic mass is 35.5. The third kappa shape index (κ3) is 22.0. The number of aromatic nitrogens is 8. The maximum Gasteiger partial charge on any atom is 0.410 e. The van der Waals surface area contributed by atoms with Gasteiger partial charge in [0.1, 0.15) is 81.5 Å². The van der Waals surface area contributed by atoms with Gasteiger partial charge in [-0.05, 0) is 161 Å². The number of pyridine rings is 2. The van der Waals surface area contributed by atoms with Gasteiger partial charge in [0, 0.05) is 93.8 Å². The summed E-state index contributed by atoms with van der Waals surface area (Å²) < 4.78 is 29.0. The Morgan fingerprint density at radius 2 is 0.911 bits per heavy atom. The van der Waals surface area contributed by atoms with Gasteiger partial charge in [0.2, 0.25) is 0 Å². The van der Waals surface area contributed by atoms with Crippen molar-refractivity contribution in [3.8, 4) is 21.1 Å². The second-order valence-corrected chi connectivity index (χ2v) is 30.8. The topological polar surface area (TPSA) is 280 Å². The Morgan fingerprint density at radius 1 is 0.515 bits per heavy atom. The number of nitrogens with zero attached hydrogens (tertiary/aromatic N) is 11. The number of hydrogen-bond donors (Lipinski definition) is 3. The first-order valence-electron chi connectivity index (χ1n) is 34.9. The SMILES string of the molecule is CCCCc1nc(Cl)cc(C(=O)Nc2ccccc2-c2nc3cc(COC4CCN(C(=O)OC(C)(C)C)CC4)cnc3s2)n1.CCCCc1nc(NC2CCN(C(=O)OC(C)(C)C)CC2)cc(C(=O)Nc2ccccc2-c2nc3cc(COC4CCN(C(=O)OC(C)(C)C)CC4)cnc3s2)n1. The van der Waals surface area contributed by atoms with Crippen LogP contribution in [-0.2, 0) is 49.7 Å². The molecule has 0 spiro atoms. The molecule has 11 rings (SSSR count). The van der Waals surface area contributed by atoms with E-state index in [1.54, 1.807) is 20.8 Å². The molecule has 3 aliphatic rings. The fourth-order valence-electron chi connectivity index (χ4n) is 11.4.